The number of imide groups is 1. The van der Waals surface area contributed by atoms with Crippen LogP contribution in [0.1, 0.15) is 6.92 Å². The molecule has 1 aliphatic rings. The quantitative estimate of drug-likeness (QED) is 0.533. The van der Waals surface area contributed by atoms with Crippen LogP contribution in [0, 0.1) is 0 Å². The third kappa shape index (κ3) is 2.12. The second-order valence-electron chi connectivity index (χ2n) is 3.55. The van der Waals surface area contributed by atoms with E-state index in [4.69, 9.17) is 5.73 Å². The third-order valence-corrected chi connectivity index (χ3v) is 2.40. The molecule has 4 nitrogen and oxygen atoms in total. The Bertz CT molecular complexity index is 333. The van der Waals surface area contributed by atoms with E-state index in [1.807, 2.05) is 0 Å². The first kappa shape index (κ1) is 11.6. The van der Waals surface area contributed by atoms with Gasteiger partial charge in [-0.05, 0) is 12.5 Å². The molecule has 1 aliphatic heterocycles. The molecule has 1 atom stereocenters. The summed E-state index contributed by atoms with van der Waals surface area (Å²) in [4.78, 5) is 23.2. The highest BCUT2D eigenvalue weighted by Gasteiger charge is 2.36. The van der Waals surface area contributed by atoms with Crippen molar-refractivity contribution in [1.82, 2.24) is 4.90 Å². The van der Waals surface area contributed by atoms with Crippen LogP contribution < -0.4 is 5.73 Å². The number of hydrogen-bond acceptors (Lipinski definition) is 3. The minimum atomic E-state index is -1.91. The molecule has 0 fully saturated rings. The summed E-state index contributed by atoms with van der Waals surface area (Å²) < 4.78 is 14.0. The zero-order chi connectivity index (χ0) is 11.6. The average molecular weight is 212 g/mol. The molecule has 0 saturated carbocycles. The first-order valence-corrected chi connectivity index (χ1v) is 4.49. The lowest BCUT2D eigenvalue weighted by atomic mass is 9.98. The molecule has 0 radical (unpaired) electrons. The maximum absolute atomic E-state index is 14.0. The van der Waals surface area contributed by atoms with Gasteiger partial charge in [0.25, 0.3) is 11.8 Å². The van der Waals surface area contributed by atoms with E-state index in [-0.39, 0.29) is 18.7 Å². The van der Waals surface area contributed by atoms with Gasteiger partial charge in [0.2, 0.25) is 0 Å². The lowest BCUT2D eigenvalue weighted by Gasteiger charge is -2.28. The van der Waals surface area contributed by atoms with E-state index >= 15 is 0 Å². The minimum absolute atomic E-state index is 0.206. The summed E-state index contributed by atoms with van der Waals surface area (Å²) in [5, 5.41) is 0. The molecule has 1 rings (SSSR count). The van der Waals surface area contributed by atoms with E-state index in [0.29, 0.717) is 0 Å². The molecule has 0 saturated heterocycles. The van der Waals surface area contributed by atoms with E-state index in [2.05, 4.69) is 6.58 Å². The first-order valence-electron chi connectivity index (χ1n) is 4.49. The highest BCUT2D eigenvalue weighted by atomic mass is 19.1. The van der Waals surface area contributed by atoms with Gasteiger partial charge in [-0.15, -0.1) is 0 Å². The molecule has 15 heavy (non-hydrogen) atoms. The summed E-state index contributed by atoms with van der Waals surface area (Å²) in [6.45, 7) is 4.27. The monoisotopic (exact) mass is 212 g/mol. The van der Waals surface area contributed by atoms with E-state index in [0.717, 1.165) is 17.1 Å². The summed E-state index contributed by atoms with van der Waals surface area (Å²) in [7, 11) is 0. The van der Waals surface area contributed by atoms with E-state index < -0.39 is 17.5 Å². The number of carbonyl (C=O) groups is 2. The lowest BCUT2D eigenvalue weighted by molar-refractivity contribution is -0.138. The van der Waals surface area contributed by atoms with Crippen molar-refractivity contribution in [1.29, 1.82) is 0 Å². The Hall–Kier alpha value is -1.49. The lowest BCUT2D eigenvalue weighted by Crippen LogP contribution is -2.47. The van der Waals surface area contributed by atoms with Crippen molar-refractivity contribution >= 4 is 11.8 Å². The van der Waals surface area contributed by atoms with Gasteiger partial charge in [-0.25, -0.2) is 4.39 Å². The Morgan fingerprint density at radius 2 is 2.00 bits per heavy atom. The van der Waals surface area contributed by atoms with Gasteiger partial charge in [-0.3, -0.25) is 14.5 Å². The van der Waals surface area contributed by atoms with Crippen LogP contribution in [-0.2, 0) is 9.59 Å². The normalized spacial score (nSPS) is 19.5. The van der Waals surface area contributed by atoms with Gasteiger partial charge in [-0.1, -0.05) is 6.58 Å². The van der Waals surface area contributed by atoms with Crippen molar-refractivity contribution < 1.29 is 14.0 Å². The van der Waals surface area contributed by atoms with Crippen LogP contribution in [-0.4, -0.2) is 35.5 Å². The number of halogens is 1. The van der Waals surface area contributed by atoms with Crippen LogP contribution in [0.15, 0.2) is 24.3 Å². The first-order chi connectivity index (χ1) is 6.90. The molecule has 2 N–H and O–H groups in total. The molecule has 82 valence electrons. The standard InChI is InChI=1S/C10H13FN2O2/c1-7(2)10(11,5-12)6-13-8(14)3-4-9(13)15/h3-4H,1,5-6,12H2,2H3. The summed E-state index contributed by atoms with van der Waals surface area (Å²) >= 11 is 0. The summed E-state index contributed by atoms with van der Waals surface area (Å²) in [6, 6.07) is 0. The molecule has 0 aromatic rings. The summed E-state index contributed by atoms with van der Waals surface area (Å²) in [6.07, 6.45) is 2.22. The van der Waals surface area contributed by atoms with E-state index in [1.54, 1.807) is 0 Å². The number of hydrogen-bond donors (Lipinski definition) is 1. The fourth-order valence-corrected chi connectivity index (χ4v) is 1.21. The fraction of sp³-hybridized carbons (Fsp3) is 0.400. The molecular weight excluding hydrogens is 199 g/mol. The molecular formula is C10H13FN2O2. The van der Waals surface area contributed by atoms with Gasteiger partial charge in [0.1, 0.15) is 0 Å². The zero-order valence-electron chi connectivity index (χ0n) is 8.50. The number of amides is 2. The molecule has 5 heteroatoms. The van der Waals surface area contributed by atoms with Gasteiger partial charge in [-0.2, -0.15) is 0 Å². The number of nitrogens with zero attached hydrogens (tertiary/aromatic N) is 1. The van der Waals surface area contributed by atoms with Crippen molar-refractivity contribution in [3.8, 4) is 0 Å². The van der Waals surface area contributed by atoms with Crippen molar-refractivity contribution in [2.24, 2.45) is 5.73 Å². The average Bonchev–Trinajstić information content (AvgIpc) is 2.49. The molecule has 1 unspecified atom stereocenters. The van der Waals surface area contributed by atoms with Crippen molar-refractivity contribution in [2.45, 2.75) is 12.6 Å². The highest BCUT2D eigenvalue weighted by Crippen LogP contribution is 2.22. The molecule has 2 amide bonds. The van der Waals surface area contributed by atoms with Gasteiger partial charge in [0.05, 0.1) is 6.54 Å². The van der Waals surface area contributed by atoms with Gasteiger partial charge in [0.15, 0.2) is 5.67 Å². The van der Waals surface area contributed by atoms with Crippen molar-refractivity contribution in [3.63, 3.8) is 0 Å². The molecule has 0 spiro atoms. The van der Waals surface area contributed by atoms with E-state index in [1.165, 1.54) is 6.92 Å². The van der Waals surface area contributed by atoms with Crippen LogP contribution in [0.4, 0.5) is 4.39 Å². The molecule has 0 aromatic heterocycles. The summed E-state index contributed by atoms with van der Waals surface area (Å²) in [5.74, 6) is -1.03. The van der Waals surface area contributed by atoms with Gasteiger partial charge >= 0.3 is 0 Å². The molecule has 0 aliphatic carbocycles. The predicted molar refractivity (Wildman–Crippen MR) is 53.6 cm³/mol. The molecule has 1 heterocycles. The number of carbonyl (C=O) groups excluding carboxylic acids is 2. The Balaban J connectivity index is 2.81. The number of alkyl halides is 1. The topological polar surface area (TPSA) is 63.4 Å². The Kier molecular flexibility index (Phi) is 3.04. The minimum Gasteiger partial charge on any atom is -0.327 e. The SMILES string of the molecule is C=C(C)C(F)(CN)CN1C(=O)C=CC1=O. The zero-order valence-corrected chi connectivity index (χ0v) is 8.50. The Labute approximate surface area is 87.2 Å². The Morgan fingerprint density at radius 1 is 1.53 bits per heavy atom. The second kappa shape index (κ2) is 3.94. The van der Waals surface area contributed by atoms with Gasteiger partial charge < -0.3 is 5.73 Å². The van der Waals surface area contributed by atoms with Crippen LogP contribution in [0.2, 0.25) is 0 Å². The van der Waals surface area contributed by atoms with Crippen molar-refractivity contribution in [3.05, 3.63) is 24.3 Å². The van der Waals surface area contributed by atoms with Crippen LogP contribution in [0.25, 0.3) is 0 Å². The van der Waals surface area contributed by atoms with E-state index in [9.17, 15) is 14.0 Å². The fourth-order valence-electron chi connectivity index (χ4n) is 1.21. The van der Waals surface area contributed by atoms with Crippen molar-refractivity contribution in [2.75, 3.05) is 13.1 Å². The third-order valence-electron chi connectivity index (χ3n) is 2.40. The maximum atomic E-state index is 14.0. The van der Waals surface area contributed by atoms with Crippen LogP contribution in [0.5, 0.6) is 0 Å². The smallest absolute Gasteiger partial charge is 0.253 e. The molecule has 0 aromatic carbocycles. The second-order valence-corrected chi connectivity index (χ2v) is 3.55. The number of nitrogens with two attached hydrogens (primary N) is 1. The maximum Gasteiger partial charge on any atom is 0.253 e. The summed E-state index contributed by atoms with van der Waals surface area (Å²) in [5.41, 5.74) is 3.57. The highest BCUT2D eigenvalue weighted by molar-refractivity contribution is 6.12. The Morgan fingerprint density at radius 3 is 2.33 bits per heavy atom. The van der Waals surface area contributed by atoms with Gasteiger partial charge in [0, 0.05) is 18.7 Å². The molecule has 0 bridgehead atoms. The predicted octanol–water partition coefficient (Wildman–Crippen LogP) is 0.154. The largest absolute Gasteiger partial charge is 0.327 e. The van der Waals surface area contributed by atoms with Crippen LogP contribution >= 0.6 is 0 Å². The van der Waals surface area contributed by atoms with Crippen LogP contribution in [0.3, 0.4) is 0 Å². The number of rotatable bonds is 4.